The lowest BCUT2D eigenvalue weighted by molar-refractivity contribution is -0.115. The highest BCUT2D eigenvalue weighted by atomic mass is 16.1. The molecular formula is C18H17N3O2. The number of fused-ring (bicyclic) bond motifs is 1. The third kappa shape index (κ3) is 3.29. The number of nitrogens with zero attached hydrogens (tertiary/aromatic N) is 1. The van der Waals surface area contributed by atoms with E-state index in [1.54, 1.807) is 18.2 Å². The fourth-order valence-electron chi connectivity index (χ4n) is 2.49. The number of amides is 1. The minimum absolute atomic E-state index is 0.104. The van der Waals surface area contributed by atoms with Crippen LogP contribution in [0.3, 0.4) is 0 Å². The summed E-state index contributed by atoms with van der Waals surface area (Å²) in [5.41, 5.74) is 2.28. The summed E-state index contributed by atoms with van der Waals surface area (Å²) in [6, 6.07) is 14.9. The van der Waals surface area contributed by atoms with Gasteiger partial charge in [-0.05, 0) is 30.2 Å². The van der Waals surface area contributed by atoms with Crippen LogP contribution in [0.2, 0.25) is 0 Å². The van der Waals surface area contributed by atoms with Crippen molar-refractivity contribution in [1.82, 2.24) is 10.2 Å². The maximum Gasteiger partial charge on any atom is 0.272 e. The van der Waals surface area contributed by atoms with Gasteiger partial charge < -0.3 is 5.32 Å². The molecule has 3 aromatic rings. The lowest BCUT2D eigenvalue weighted by Gasteiger charge is -2.07. The largest absolute Gasteiger partial charge is 0.326 e. The van der Waals surface area contributed by atoms with Gasteiger partial charge in [-0.3, -0.25) is 9.59 Å². The highest BCUT2D eigenvalue weighted by Crippen LogP contribution is 2.14. The Balaban J connectivity index is 1.80. The van der Waals surface area contributed by atoms with Crippen molar-refractivity contribution in [3.05, 3.63) is 70.1 Å². The summed E-state index contributed by atoms with van der Waals surface area (Å²) >= 11 is 0. The van der Waals surface area contributed by atoms with Crippen molar-refractivity contribution in [3.63, 3.8) is 0 Å². The molecule has 2 aromatic carbocycles. The first-order valence-corrected chi connectivity index (χ1v) is 7.52. The van der Waals surface area contributed by atoms with E-state index in [2.05, 4.69) is 22.4 Å². The standard InChI is InChI=1S/C18H17N3O2/c1-2-12-7-9-13(10-8-12)19-17(22)11-16-14-5-3-4-6-15(14)18(23)21-20-16/h3-10H,2,11H2,1H3,(H,19,22)(H,21,23). The molecule has 5 heteroatoms. The Hall–Kier alpha value is -2.95. The fourth-order valence-corrected chi connectivity index (χ4v) is 2.49. The van der Waals surface area contributed by atoms with Crippen LogP contribution in [0.4, 0.5) is 5.69 Å². The lowest BCUT2D eigenvalue weighted by atomic mass is 10.1. The van der Waals surface area contributed by atoms with Crippen LogP contribution < -0.4 is 10.9 Å². The molecule has 1 amide bonds. The van der Waals surface area contributed by atoms with Crippen LogP contribution in [0.5, 0.6) is 0 Å². The van der Waals surface area contributed by atoms with Gasteiger partial charge in [-0.1, -0.05) is 37.3 Å². The molecule has 0 atom stereocenters. The number of rotatable bonds is 4. The van der Waals surface area contributed by atoms with Crippen LogP contribution in [-0.2, 0) is 17.6 Å². The molecule has 0 saturated heterocycles. The van der Waals surface area contributed by atoms with E-state index < -0.39 is 0 Å². The molecule has 0 unspecified atom stereocenters. The molecule has 3 rings (SSSR count). The summed E-state index contributed by atoms with van der Waals surface area (Å²) < 4.78 is 0. The van der Waals surface area contributed by atoms with Gasteiger partial charge in [0.05, 0.1) is 17.5 Å². The van der Waals surface area contributed by atoms with Crippen LogP contribution in [0.25, 0.3) is 10.8 Å². The number of hydrogen-bond donors (Lipinski definition) is 2. The first-order valence-electron chi connectivity index (χ1n) is 7.52. The number of nitrogens with one attached hydrogen (secondary N) is 2. The third-order valence-corrected chi connectivity index (χ3v) is 3.75. The minimum Gasteiger partial charge on any atom is -0.326 e. The highest BCUT2D eigenvalue weighted by molar-refractivity contribution is 5.95. The molecule has 0 aliphatic carbocycles. The van der Waals surface area contributed by atoms with Crippen LogP contribution >= 0.6 is 0 Å². The van der Waals surface area contributed by atoms with Crippen molar-refractivity contribution in [3.8, 4) is 0 Å². The number of anilines is 1. The molecule has 0 fully saturated rings. The van der Waals surface area contributed by atoms with E-state index in [-0.39, 0.29) is 17.9 Å². The van der Waals surface area contributed by atoms with Gasteiger partial charge in [0, 0.05) is 11.1 Å². The summed E-state index contributed by atoms with van der Waals surface area (Å²) in [4.78, 5) is 24.0. The van der Waals surface area contributed by atoms with Gasteiger partial charge in [0.15, 0.2) is 0 Å². The quantitative estimate of drug-likeness (QED) is 0.778. The van der Waals surface area contributed by atoms with E-state index in [0.717, 1.165) is 12.1 Å². The zero-order valence-electron chi connectivity index (χ0n) is 12.8. The second-order valence-electron chi connectivity index (χ2n) is 5.32. The van der Waals surface area contributed by atoms with Crippen molar-refractivity contribution in [2.75, 3.05) is 5.32 Å². The first kappa shape index (κ1) is 15.0. The zero-order chi connectivity index (χ0) is 16.2. The number of aromatic amines is 1. The van der Waals surface area contributed by atoms with Crippen molar-refractivity contribution >= 4 is 22.4 Å². The number of hydrogen-bond acceptors (Lipinski definition) is 3. The SMILES string of the molecule is CCc1ccc(NC(=O)Cc2n[nH]c(=O)c3ccccc23)cc1. The number of aromatic nitrogens is 2. The Bertz CT molecular complexity index is 898. The molecule has 116 valence electrons. The van der Waals surface area contributed by atoms with E-state index in [4.69, 9.17) is 0 Å². The Labute approximate surface area is 133 Å². The molecule has 0 radical (unpaired) electrons. The molecule has 1 heterocycles. The van der Waals surface area contributed by atoms with Crippen molar-refractivity contribution in [2.45, 2.75) is 19.8 Å². The Morgan fingerprint density at radius 3 is 2.48 bits per heavy atom. The summed E-state index contributed by atoms with van der Waals surface area (Å²) in [6.45, 7) is 2.08. The van der Waals surface area contributed by atoms with Gasteiger partial charge in [-0.25, -0.2) is 5.10 Å². The summed E-state index contributed by atoms with van der Waals surface area (Å²) in [5, 5.41) is 10.5. The van der Waals surface area contributed by atoms with Gasteiger partial charge >= 0.3 is 0 Å². The molecule has 0 spiro atoms. The molecular weight excluding hydrogens is 290 g/mol. The molecule has 2 N–H and O–H groups in total. The number of carbonyl (C=O) groups excluding carboxylic acids is 1. The third-order valence-electron chi connectivity index (χ3n) is 3.75. The number of benzene rings is 2. The van der Waals surface area contributed by atoms with Gasteiger partial charge in [-0.15, -0.1) is 0 Å². The molecule has 0 aliphatic heterocycles. The maximum atomic E-state index is 12.2. The fraction of sp³-hybridized carbons (Fsp3) is 0.167. The zero-order valence-corrected chi connectivity index (χ0v) is 12.8. The normalized spacial score (nSPS) is 10.7. The van der Waals surface area contributed by atoms with E-state index in [1.165, 1.54) is 5.56 Å². The second-order valence-corrected chi connectivity index (χ2v) is 5.32. The van der Waals surface area contributed by atoms with Crippen LogP contribution in [0, 0.1) is 0 Å². The molecule has 0 saturated carbocycles. The molecule has 1 aromatic heterocycles. The van der Waals surface area contributed by atoms with E-state index in [9.17, 15) is 9.59 Å². The van der Waals surface area contributed by atoms with Crippen molar-refractivity contribution < 1.29 is 4.79 Å². The van der Waals surface area contributed by atoms with Crippen molar-refractivity contribution in [1.29, 1.82) is 0 Å². The number of carbonyl (C=O) groups is 1. The Kier molecular flexibility index (Phi) is 4.19. The van der Waals surface area contributed by atoms with E-state index in [1.807, 2.05) is 30.3 Å². The molecule has 23 heavy (non-hydrogen) atoms. The van der Waals surface area contributed by atoms with Crippen molar-refractivity contribution in [2.24, 2.45) is 0 Å². The molecule has 0 aliphatic rings. The number of H-pyrrole nitrogens is 1. The monoisotopic (exact) mass is 307 g/mol. The smallest absolute Gasteiger partial charge is 0.272 e. The van der Waals surface area contributed by atoms with Gasteiger partial charge in [0.1, 0.15) is 0 Å². The highest BCUT2D eigenvalue weighted by Gasteiger charge is 2.10. The molecule has 5 nitrogen and oxygen atoms in total. The van der Waals surface area contributed by atoms with Crippen LogP contribution in [0.15, 0.2) is 53.3 Å². The van der Waals surface area contributed by atoms with Crippen LogP contribution in [-0.4, -0.2) is 16.1 Å². The van der Waals surface area contributed by atoms with Gasteiger partial charge in [-0.2, -0.15) is 5.10 Å². The Morgan fingerprint density at radius 1 is 1.09 bits per heavy atom. The topological polar surface area (TPSA) is 74.8 Å². The average Bonchev–Trinajstić information content (AvgIpc) is 2.58. The predicted octanol–water partition coefficient (Wildman–Crippen LogP) is 2.67. The minimum atomic E-state index is -0.250. The predicted molar refractivity (Wildman–Crippen MR) is 90.5 cm³/mol. The maximum absolute atomic E-state index is 12.2. The first-order chi connectivity index (χ1) is 11.2. The Morgan fingerprint density at radius 2 is 1.78 bits per heavy atom. The lowest BCUT2D eigenvalue weighted by Crippen LogP contribution is -2.18. The molecule has 0 bridgehead atoms. The summed E-state index contributed by atoms with van der Waals surface area (Å²) in [7, 11) is 0. The van der Waals surface area contributed by atoms with Gasteiger partial charge in [0.2, 0.25) is 5.91 Å². The van der Waals surface area contributed by atoms with E-state index >= 15 is 0 Å². The van der Waals surface area contributed by atoms with E-state index in [0.29, 0.717) is 16.5 Å². The average molecular weight is 307 g/mol. The summed E-state index contributed by atoms with van der Waals surface area (Å²) in [5.74, 6) is -0.168. The van der Waals surface area contributed by atoms with Gasteiger partial charge in [0.25, 0.3) is 5.56 Å². The van der Waals surface area contributed by atoms with Crippen LogP contribution in [0.1, 0.15) is 18.2 Å². The second kappa shape index (κ2) is 6.44. The number of aryl methyl sites for hydroxylation is 1. The summed E-state index contributed by atoms with van der Waals surface area (Å²) in [6.07, 6.45) is 1.06.